The Kier molecular flexibility index (Phi) is 5.04. The minimum atomic E-state index is -0.765. The van der Waals surface area contributed by atoms with Crippen LogP contribution in [0.15, 0.2) is 66.9 Å². The van der Waals surface area contributed by atoms with Crippen molar-refractivity contribution in [1.29, 1.82) is 0 Å². The highest BCUT2D eigenvalue weighted by molar-refractivity contribution is 6.06. The van der Waals surface area contributed by atoms with Gasteiger partial charge in [0.25, 0.3) is 5.91 Å². The number of hydrogen-bond donors (Lipinski definition) is 1. The summed E-state index contributed by atoms with van der Waals surface area (Å²) in [6.07, 6.45) is 2.00. The van der Waals surface area contributed by atoms with Crippen molar-refractivity contribution in [2.45, 2.75) is 12.5 Å². The van der Waals surface area contributed by atoms with Gasteiger partial charge < -0.3 is 10.1 Å². The lowest BCUT2D eigenvalue weighted by atomic mass is 10.0. The minimum absolute atomic E-state index is 0.351. The van der Waals surface area contributed by atoms with Gasteiger partial charge in [0.05, 0.1) is 18.2 Å². The summed E-state index contributed by atoms with van der Waals surface area (Å²) < 4.78 is 4.84. The number of carbonyl (C=O) groups is 2. The lowest BCUT2D eigenvalue weighted by Crippen LogP contribution is -2.43. The van der Waals surface area contributed by atoms with E-state index in [-0.39, 0.29) is 5.91 Å². The summed E-state index contributed by atoms with van der Waals surface area (Å²) in [5.41, 5.74) is 1.97. The summed E-state index contributed by atoms with van der Waals surface area (Å²) in [7, 11) is 1.31. The van der Waals surface area contributed by atoms with E-state index < -0.39 is 12.0 Å². The average molecular weight is 334 g/mol. The Hall–Kier alpha value is -3.21. The molecule has 1 aromatic heterocycles. The third kappa shape index (κ3) is 3.83. The van der Waals surface area contributed by atoms with E-state index in [0.717, 1.165) is 10.9 Å². The summed E-state index contributed by atoms with van der Waals surface area (Å²) in [5.74, 6) is -0.832. The molecular weight excluding hydrogens is 316 g/mol. The minimum Gasteiger partial charge on any atom is -0.467 e. The number of hydrogen-bond acceptors (Lipinski definition) is 4. The van der Waals surface area contributed by atoms with E-state index in [1.165, 1.54) is 7.11 Å². The number of ether oxygens (including phenoxy) is 1. The number of methoxy groups -OCH3 is 1. The van der Waals surface area contributed by atoms with Crippen molar-refractivity contribution in [1.82, 2.24) is 10.3 Å². The number of amides is 1. The van der Waals surface area contributed by atoms with Gasteiger partial charge in [-0.05, 0) is 17.7 Å². The van der Waals surface area contributed by atoms with Gasteiger partial charge in [-0.1, -0.05) is 48.5 Å². The first-order valence-corrected chi connectivity index (χ1v) is 7.95. The molecule has 0 aliphatic carbocycles. The van der Waals surface area contributed by atoms with Crippen LogP contribution < -0.4 is 5.32 Å². The fourth-order valence-corrected chi connectivity index (χ4v) is 2.71. The number of benzene rings is 2. The predicted molar refractivity (Wildman–Crippen MR) is 95.2 cm³/mol. The maximum Gasteiger partial charge on any atom is 0.328 e. The maximum atomic E-state index is 12.7. The third-order valence-electron chi connectivity index (χ3n) is 3.95. The average Bonchev–Trinajstić information content (AvgIpc) is 2.67. The molecule has 0 saturated carbocycles. The fraction of sp³-hybridized carbons (Fsp3) is 0.150. The van der Waals surface area contributed by atoms with Crippen LogP contribution in [0.3, 0.4) is 0 Å². The third-order valence-corrected chi connectivity index (χ3v) is 3.95. The van der Waals surface area contributed by atoms with Crippen LogP contribution in [-0.4, -0.2) is 30.0 Å². The number of esters is 1. The zero-order valence-corrected chi connectivity index (χ0v) is 13.8. The van der Waals surface area contributed by atoms with Crippen molar-refractivity contribution in [3.05, 3.63) is 78.0 Å². The maximum absolute atomic E-state index is 12.7. The molecule has 2 aromatic carbocycles. The Morgan fingerprint density at radius 3 is 2.56 bits per heavy atom. The molecule has 5 heteroatoms. The molecular formula is C20H18N2O3. The second kappa shape index (κ2) is 7.57. The van der Waals surface area contributed by atoms with E-state index in [4.69, 9.17) is 4.74 Å². The number of nitrogens with one attached hydrogen (secondary N) is 1. The normalized spacial score (nSPS) is 11.7. The molecule has 0 bridgehead atoms. The van der Waals surface area contributed by atoms with Crippen LogP contribution in [0.1, 0.15) is 15.9 Å². The Morgan fingerprint density at radius 1 is 1.04 bits per heavy atom. The lowest BCUT2D eigenvalue weighted by molar-refractivity contribution is -0.142. The van der Waals surface area contributed by atoms with Gasteiger partial charge in [0.2, 0.25) is 0 Å². The van der Waals surface area contributed by atoms with Crippen molar-refractivity contribution in [3.63, 3.8) is 0 Å². The summed E-state index contributed by atoms with van der Waals surface area (Å²) in [5, 5.41) is 3.64. The summed E-state index contributed by atoms with van der Waals surface area (Å²) in [6.45, 7) is 0. The molecule has 0 radical (unpaired) electrons. The van der Waals surface area contributed by atoms with Gasteiger partial charge in [0, 0.05) is 18.0 Å². The standard InChI is InChI=1S/C20H18N2O3/c1-25-20(24)17(13-14-7-3-2-4-8-14)22-19(23)16-11-5-9-15-10-6-12-21-18(15)16/h2-12,17H,13H2,1H3,(H,22,23)/t17-/m0/s1. The summed E-state index contributed by atoms with van der Waals surface area (Å²) in [4.78, 5) is 29.1. The lowest BCUT2D eigenvalue weighted by Gasteiger charge is -2.17. The zero-order valence-electron chi connectivity index (χ0n) is 13.8. The molecule has 1 N–H and O–H groups in total. The van der Waals surface area contributed by atoms with Crippen molar-refractivity contribution < 1.29 is 14.3 Å². The van der Waals surface area contributed by atoms with Gasteiger partial charge in [0.15, 0.2) is 0 Å². The highest BCUT2D eigenvalue weighted by Crippen LogP contribution is 2.16. The molecule has 3 rings (SSSR count). The second-order valence-corrected chi connectivity index (χ2v) is 5.62. The van der Waals surface area contributed by atoms with Gasteiger partial charge in [0.1, 0.15) is 6.04 Å². The smallest absolute Gasteiger partial charge is 0.328 e. The molecule has 126 valence electrons. The Balaban J connectivity index is 1.85. The summed E-state index contributed by atoms with van der Waals surface area (Å²) >= 11 is 0. The van der Waals surface area contributed by atoms with E-state index in [0.29, 0.717) is 17.5 Å². The van der Waals surface area contributed by atoms with E-state index in [1.807, 2.05) is 48.5 Å². The topological polar surface area (TPSA) is 68.3 Å². The number of para-hydroxylation sites is 1. The first kappa shape index (κ1) is 16.6. The predicted octanol–water partition coefficient (Wildman–Crippen LogP) is 2.75. The van der Waals surface area contributed by atoms with Gasteiger partial charge in [-0.25, -0.2) is 4.79 Å². The molecule has 0 saturated heterocycles. The highest BCUT2D eigenvalue weighted by atomic mass is 16.5. The molecule has 0 spiro atoms. The van der Waals surface area contributed by atoms with Crippen LogP contribution >= 0.6 is 0 Å². The molecule has 1 heterocycles. The van der Waals surface area contributed by atoms with Gasteiger partial charge in [-0.15, -0.1) is 0 Å². The Bertz CT molecular complexity index is 888. The zero-order chi connectivity index (χ0) is 17.6. The molecule has 1 atom stereocenters. The van der Waals surface area contributed by atoms with Crippen LogP contribution in [0.2, 0.25) is 0 Å². The van der Waals surface area contributed by atoms with E-state index in [9.17, 15) is 9.59 Å². The molecule has 0 aliphatic rings. The molecule has 0 fully saturated rings. The van der Waals surface area contributed by atoms with Crippen molar-refractivity contribution in [2.75, 3.05) is 7.11 Å². The summed E-state index contributed by atoms with van der Waals surface area (Å²) in [6, 6.07) is 17.8. The van der Waals surface area contributed by atoms with Crippen LogP contribution in [0.25, 0.3) is 10.9 Å². The van der Waals surface area contributed by atoms with Crippen LogP contribution in [0, 0.1) is 0 Å². The number of carbonyl (C=O) groups excluding carboxylic acids is 2. The number of aromatic nitrogens is 1. The van der Waals surface area contributed by atoms with Gasteiger partial charge in [-0.2, -0.15) is 0 Å². The van der Waals surface area contributed by atoms with Crippen molar-refractivity contribution in [3.8, 4) is 0 Å². The van der Waals surface area contributed by atoms with Crippen molar-refractivity contribution >= 4 is 22.8 Å². The monoisotopic (exact) mass is 334 g/mol. The number of pyridine rings is 1. The highest BCUT2D eigenvalue weighted by Gasteiger charge is 2.23. The number of rotatable bonds is 5. The fourth-order valence-electron chi connectivity index (χ4n) is 2.71. The molecule has 5 nitrogen and oxygen atoms in total. The SMILES string of the molecule is COC(=O)[C@H](Cc1ccccc1)NC(=O)c1cccc2cccnc12. The quantitative estimate of drug-likeness (QED) is 0.729. The van der Waals surface area contributed by atoms with Gasteiger partial charge in [-0.3, -0.25) is 9.78 Å². The number of fused-ring (bicyclic) bond motifs is 1. The molecule has 0 unspecified atom stereocenters. The van der Waals surface area contributed by atoms with Crippen LogP contribution in [0.4, 0.5) is 0 Å². The van der Waals surface area contributed by atoms with E-state index >= 15 is 0 Å². The van der Waals surface area contributed by atoms with Crippen LogP contribution in [0.5, 0.6) is 0 Å². The second-order valence-electron chi connectivity index (χ2n) is 5.62. The Morgan fingerprint density at radius 2 is 1.80 bits per heavy atom. The molecule has 25 heavy (non-hydrogen) atoms. The van der Waals surface area contributed by atoms with E-state index in [2.05, 4.69) is 10.3 Å². The molecule has 1 amide bonds. The van der Waals surface area contributed by atoms with Crippen molar-refractivity contribution in [2.24, 2.45) is 0 Å². The molecule has 0 aliphatic heterocycles. The van der Waals surface area contributed by atoms with Gasteiger partial charge >= 0.3 is 5.97 Å². The largest absolute Gasteiger partial charge is 0.467 e. The van der Waals surface area contributed by atoms with E-state index in [1.54, 1.807) is 18.3 Å². The first-order chi connectivity index (χ1) is 12.2. The Labute approximate surface area is 145 Å². The molecule has 3 aromatic rings. The first-order valence-electron chi connectivity index (χ1n) is 7.95. The van der Waals surface area contributed by atoms with Crippen LogP contribution in [-0.2, 0) is 16.0 Å². The number of nitrogens with zero attached hydrogens (tertiary/aromatic N) is 1.